The fraction of sp³-hybridized carbons (Fsp3) is 0.235. The summed E-state index contributed by atoms with van der Waals surface area (Å²) in [5.41, 5.74) is 0.465. The quantitative estimate of drug-likeness (QED) is 0.821. The third-order valence-electron chi connectivity index (χ3n) is 3.21. The number of halogens is 1. The second-order valence-corrected chi connectivity index (χ2v) is 7.74. The lowest BCUT2D eigenvalue weighted by Gasteiger charge is -2.14. The highest BCUT2D eigenvalue weighted by atomic mass is 35.5. The Labute approximate surface area is 147 Å². The second-order valence-electron chi connectivity index (χ2n) is 5.69. The fourth-order valence-corrected chi connectivity index (χ4v) is 3.62. The summed E-state index contributed by atoms with van der Waals surface area (Å²) in [5.74, 6) is -0.0397. The maximum absolute atomic E-state index is 12.5. The molecule has 0 atom stereocenters. The van der Waals surface area contributed by atoms with Gasteiger partial charge in [0.1, 0.15) is 4.90 Å². The minimum Gasteiger partial charge on any atom is -0.352 e. The van der Waals surface area contributed by atoms with Crippen LogP contribution in [0.2, 0.25) is 5.02 Å². The van der Waals surface area contributed by atoms with Crippen LogP contribution in [0.25, 0.3) is 0 Å². The SMILES string of the molecule is CC(C)CNC(=O)c1ccccc1NS(=O)(=O)c1ccccc1Cl. The summed E-state index contributed by atoms with van der Waals surface area (Å²) in [4.78, 5) is 12.2. The molecule has 0 aliphatic carbocycles. The van der Waals surface area contributed by atoms with Gasteiger partial charge < -0.3 is 5.32 Å². The summed E-state index contributed by atoms with van der Waals surface area (Å²) in [7, 11) is -3.89. The molecular weight excluding hydrogens is 348 g/mol. The van der Waals surface area contributed by atoms with Crippen molar-refractivity contribution >= 4 is 33.2 Å². The minimum atomic E-state index is -3.89. The summed E-state index contributed by atoms with van der Waals surface area (Å²) in [6.45, 7) is 4.46. The van der Waals surface area contributed by atoms with E-state index in [1.165, 1.54) is 12.1 Å². The summed E-state index contributed by atoms with van der Waals surface area (Å²) in [5, 5.41) is 2.89. The van der Waals surface area contributed by atoms with Crippen LogP contribution >= 0.6 is 11.6 Å². The van der Waals surface area contributed by atoms with Crippen molar-refractivity contribution in [3.8, 4) is 0 Å². The van der Waals surface area contributed by atoms with Crippen molar-refractivity contribution in [2.75, 3.05) is 11.3 Å². The molecule has 0 fully saturated rings. The van der Waals surface area contributed by atoms with Gasteiger partial charge in [0.05, 0.1) is 16.3 Å². The van der Waals surface area contributed by atoms with E-state index in [0.29, 0.717) is 12.5 Å². The number of hydrogen-bond donors (Lipinski definition) is 2. The Morgan fingerprint density at radius 1 is 1.08 bits per heavy atom. The van der Waals surface area contributed by atoms with E-state index in [9.17, 15) is 13.2 Å². The van der Waals surface area contributed by atoms with E-state index in [0.717, 1.165) is 0 Å². The molecule has 0 saturated heterocycles. The highest BCUT2D eigenvalue weighted by Crippen LogP contribution is 2.25. The standard InChI is InChI=1S/C17H19ClN2O3S/c1-12(2)11-19-17(21)13-7-3-5-9-15(13)20-24(22,23)16-10-6-4-8-14(16)18/h3-10,12,20H,11H2,1-2H3,(H,19,21). The van der Waals surface area contributed by atoms with Gasteiger partial charge in [0, 0.05) is 6.54 Å². The van der Waals surface area contributed by atoms with Gasteiger partial charge in [-0.05, 0) is 30.2 Å². The molecule has 24 heavy (non-hydrogen) atoms. The molecule has 0 spiro atoms. The highest BCUT2D eigenvalue weighted by molar-refractivity contribution is 7.92. The summed E-state index contributed by atoms with van der Waals surface area (Å²) < 4.78 is 27.5. The Kier molecular flexibility index (Phi) is 5.85. The van der Waals surface area contributed by atoms with E-state index in [-0.39, 0.29) is 27.1 Å². The Morgan fingerprint density at radius 2 is 1.71 bits per heavy atom. The number of nitrogens with one attached hydrogen (secondary N) is 2. The topological polar surface area (TPSA) is 75.3 Å². The number of anilines is 1. The van der Waals surface area contributed by atoms with E-state index in [4.69, 9.17) is 11.6 Å². The van der Waals surface area contributed by atoms with Gasteiger partial charge in [-0.1, -0.05) is 49.7 Å². The fourth-order valence-electron chi connectivity index (χ4n) is 2.02. The molecule has 2 N–H and O–H groups in total. The number of hydrogen-bond acceptors (Lipinski definition) is 3. The average molecular weight is 367 g/mol. The van der Waals surface area contributed by atoms with Crippen LogP contribution in [0.5, 0.6) is 0 Å². The van der Waals surface area contributed by atoms with Gasteiger partial charge in [-0.15, -0.1) is 0 Å². The van der Waals surface area contributed by atoms with Crippen LogP contribution in [0.3, 0.4) is 0 Å². The number of amides is 1. The molecule has 2 aromatic rings. The lowest BCUT2D eigenvalue weighted by atomic mass is 10.1. The predicted octanol–water partition coefficient (Wildman–Crippen LogP) is 3.53. The van der Waals surface area contributed by atoms with Crippen LogP contribution in [0.4, 0.5) is 5.69 Å². The molecule has 0 heterocycles. The first-order chi connectivity index (χ1) is 11.3. The van der Waals surface area contributed by atoms with E-state index >= 15 is 0 Å². The number of benzene rings is 2. The van der Waals surface area contributed by atoms with Crippen LogP contribution in [-0.2, 0) is 10.0 Å². The highest BCUT2D eigenvalue weighted by Gasteiger charge is 2.20. The molecule has 2 rings (SSSR count). The second kappa shape index (κ2) is 7.68. The molecule has 0 aliphatic heterocycles. The van der Waals surface area contributed by atoms with Crippen LogP contribution < -0.4 is 10.0 Å². The normalized spacial score (nSPS) is 11.3. The monoisotopic (exact) mass is 366 g/mol. The van der Waals surface area contributed by atoms with E-state index in [2.05, 4.69) is 10.0 Å². The molecule has 0 radical (unpaired) electrons. The molecule has 2 aromatic carbocycles. The number of sulfonamides is 1. The lowest BCUT2D eigenvalue weighted by molar-refractivity contribution is 0.0950. The smallest absolute Gasteiger partial charge is 0.263 e. The maximum Gasteiger partial charge on any atom is 0.263 e. The van der Waals surface area contributed by atoms with Gasteiger partial charge in [0.25, 0.3) is 15.9 Å². The third kappa shape index (κ3) is 4.49. The Morgan fingerprint density at radius 3 is 2.38 bits per heavy atom. The number of rotatable bonds is 6. The Bertz CT molecular complexity index is 835. The number of carbonyl (C=O) groups is 1. The maximum atomic E-state index is 12.5. The Balaban J connectivity index is 2.30. The van der Waals surface area contributed by atoms with Crippen LogP contribution in [0.1, 0.15) is 24.2 Å². The molecule has 0 bridgehead atoms. The van der Waals surface area contributed by atoms with Crippen LogP contribution in [0, 0.1) is 5.92 Å². The first kappa shape index (κ1) is 18.3. The summed E-state index contributed by atoms with van der Waals surface area (Å²) >= 11 is 5.96. The summed E-state index contributed by atoms with van der Waals surface area (Å²) in [6, 6.07) is 12.6. The van der Waals surface area contributed by atoms with Gasteiger partial charge in [0.2, 0.25) is 0 Å². The van der Waals surface area contributed by atoms with Crippen molar-refractivity contribution in [1.29, 1.82) is 0 Å². The molecule has 0 unspecified atom stereocenters. The van der Waals surface area contributed by atoms with Crippen molar-refractivity contribution in [3.05, 3.63) is 59.1 Å². The predicted molar refractivity (Wildman–Crippen MR) is 95.9 cm³/mol. The van der Waals surface area contributed by atoms with Crippen molar-refractivity contribution in [2.24, 2.45) is 5.92 Å². The van der Waals surface area contributed by atoms with E-state index in [1.807, 2.05) is 13.8 Å². The number of para-hydroxylation sites is 1. The molecule has 5 nitrogen and oxygen atoms in total. The van der Waals surface area contributed by atoms with Crippen LogP contribution in [-0.4, -0.2) is 20.9 Å². The van der Waals surface area contributed by atoms with Gasteiger partial charge in [-0.25, -0.2) is 8.42 Å². The molecule has 0 aliphatic rings. The molecule has 0 aromatic heterocycles. The average Bonchev–Trinajstić information content (AvgIpc) is 2.53. The minimum absolute atomic E-state index is 0.0379. The third-order valence-corrected chi connectivity index (χ3v) is 5.08. The van der Waals surface area contributed by atoms with E-state index < -0.39 is 10.0 Å². The Hall–Kier alpha value is -2.05. The van der Waals surface area contributed by atoms with Crippen molar-refractivity contribution in [2.45, 2.75) is 18.7 Å². The molecule has 1 amide bonds. The largest absolute Gasteiger partial charge is 0.352 e. The zero-order chi connectivity index (χ0) is 17.7. The van der Waals surface area contributed by atoms with Crippen molar-refractivity contribution in [1.82, 2.24) is 5.32 Å². The van der Waals surface area contributed by atoms with Crippen molar-refractivity contribution in [3.63, 3.8) is 0 Å². The van der Waals surface area contributed by atoms with E-state index in [1.54, 1.807) is 36.4 Å². The van der Waals surface area contributed by atoms with Crippen LogP contribution in [0.15, 0.2) is 53.4 Å². The van der Waals surface area contributed by atoms with Gasteiger partial charge in [-0.3, -0.25) is 9.52 Å². The van der Waals surface area contributed by atoms with Gasteiger partial charge >= 0.3 is 0 Å². The molecular formula is C17H19ClN2O3S. The molecule has 0 saturated carbocycles. The van der Waals surface area contributed by atoms with Crippen molar-refractivity contribution < 1.29 is 13.2 Å². The number of carbonyl (C=O) groups excluding carboxylic acids is 1. The zero-order valence-corrected chi connectivity index (χ0v) is 15.0. The first-order valence-electron chi connectivity index (χ1n) is 7.46. The van der Waals surface area contributed by atoms with Gasteiger partial charge in [-0.2, -0.15) is 0 Å². The first-order valence-corrected chi connectivity index (χ1v) is 9.32. The summed E-state index contributed by atoms with van der Waals surface area (Å²) in [6.07, 6.45) is 0. The molecule has 128 valence electrons. The lowest BCUT2D eigenvalue weighted by Crippen LogP contribution is -2.28. The molecule has 7 heteroatoms. The van der Waals surface area contributed by atoms with Gasteiger partial charge in [0.15, 0.2) is 0 Å². The zero-order valence-electron chi connectivity index (χ0n) is 13.4.